The molecule has 18 heavy (non-hydrogen) atoms. The van der Waals surface area contributed by atoms with Gasteiger partial charge in [0.2, 0.25) is 5.78 Å². The van der Waals surface area contributed by atoms with Crippen molar-refractivity contribution >= 4 is 17.2 Å². The highest BCUT2D eigenvalue weighted by Gasteiger charge is 2.06. The molecule has 0 aliphatic carbocycles. The molecule has 0 fully saturated rings. The summed E-state index contributed by atoms with van der Waals surface area (Å²) in [7, 11) is 0. The Morgan fingerprint density at radius 2 is 2.00 bits per heavy atom. The Morgan fingerprint density at radius 1 is 1.33 bits per heavy atom. The SMILES string of the molecule is C=C/C=C(\C)C(=N)C(=O)/C=C\Nc1ccccc1. The maximum atomic E-state index is 11.6. The molecule has 0 bridgehead atoms. The minimum atomic E-state index is -0.339. The second-order valence-corrected chi connectivity index (χ2v) is 3.67. The van der Waals surface area contributed by atoms with Crippen molar-refractivity contribution in [3.63, 3.8) is 0 Å². The van der Waals surface area contributed by atoms with Crippen LogP contribution in [-0.4, -0.2) is 11.5 Å². The second-order valence-electron chi connectivity index (χ2n) is 3.67. The van der Waals surface area contributed by atoms with Crippen molar-refractivity contribution in [2.75, 3.05) is 5.32 Å². The zero-order valence-electron chi connectivity index (χ0n) is 10.3. The average Bonchev–Trinajstić information content (AvgIpc) is 2.39. The third kappa shape index (κ3) is 4.22. The Kier molecular flexibility index (Phi) is 5.32. The fourth-order valence-corrected chi connectivity index (χ4v) is 1.29. The third-order valence-corrected chi connectivity index (χ3v) is 2.27. The fourth-order valence-electron chi connectivity index (χ4n) is 1.29. The predicted octanol–water partition coefficient (Wildman–Crippen LogP) is 3.33. The summed E-state index contributed by atoms with van der Waals surface area (Å²) in [6, 6.07) is 9.50. The molecule has 3 nitrogen and oxygen atoms in total. The molecular formula is C15H16N2O. The minimum Gasteiger partial charge on any atom is -0.362 e. The number of benzene rings is 1. The Morgan fingerprint density at radius 3 is 2.61 bits per heavy atom. The second kappa shape index (κ2) is 7.01. The van der Waals surface area contributed by atoms with Gasteiger partial charge < -0.3 is 5.32 Å². The summed E-state index contributed by atoms with van der Waals surface area (Å²) >= 11 is 0. The van der Waals surface area contributed by atoms with Crippen molar-refractivity contribution in [2.45, 2.75) is 6.92 Å². The van der Waals surface area contributed by atoms with Crippen LogP contribution in [0.5, 0.6) is 0 Å². The van der Waals surface area contributed by atoms with Gasteiger partial charge in [0.25, 0.3) is 0 Å². The average molecular weight is 240 g/mol. The number of hydrogen-bond donors (Lipinski definition) is 2. The summed E-state index contributed by atoms with van der Waals surface area (Å²) in [5.74, 6) is -0.339. The van der Waals surface area contributed by atoms with Crippen LogP contribution < -0.4 is 5.32 Å². The van der Waals surface area contributed by atoms with Crippen LogP contribution in [0, 0.1) is 5.41 Å². The van der Waals surface area contributed by atoms with Crippen LogP contribution in [0.4, 0.5) is 5.69 Å². The molecule has 0 unspecified atom stereocenters. The zero-order chi connectivity index (χ0) is 13.4. The number of ketones is 1. The lowest BCUT2D eigenvalue weighted by Gasteiger charge is -2.00. The topological polar surface area (TPSA) is 53.0 Å². The highest BCUT2D eigenvalue weighted by atomic mass is 16.1. The molecule has 0 amide bonds. The van der Waals surface area contributed by atoms with Crippen molar-refractivity contribution in [3.05, 3.63) is 66.9 Å². The molecule has 0 heterocycles. The molecule has 0 aliphatic heterocycles. The van der Waals surface area contributed by atoms with E-state index >= 15 is 0 Å². The van der Waals surface area contributed by atoms with E-state index in [1.54, 1.807) is 19.1 Å². The van der Waals surface area contributed by atoms with Crippen LogP contribution in [-0.2, 0) is 4.79 Å². The van der Waals surface area contributed by atoms with Crippen LogP contribution in [0.3, 0.4) is 0 Å². The van der Waals surface area contributed by atoms with Gasteiger partial charge in [0.1, 0.15) is 5.71 Å². The largest absolute Gasteiger partial charge is 0.362 e. The quantitative estimate of drug-likeness (QED) is 0.455. The highest BCUT2D eigenvalue weighted by Crippen LogP contribution is 2.04. The van der Waals surface area contributed by atoms with Gasteiger partial charge in [-0.1, -0.05) is 36.9 Å². The van der Waals surface area contributed by atoms with E-state index in [1.807, 2.05) is 30.3 Å². The lowest BCUT2D eigenvalue weighted by Crippen LogP contribution is -2.11. The summed E-state index contributed by atoms with van der Waals surface area (Å²) in [5, 5.41) is 10.6. The van der Waals surface area contributed by atoms with Gasteiger partial charge in [-0.2, -0.15) is 0 Å². The first-order valence-corrected chi connectivity index (χ1v) is 5.56. The van der Waals surface area contributed by atoms with Gasteiger partial charge >= 0.3 is 0 Å². The fraction of sp³-hybridized carbons (Fsp3) is 0.0667. The summed E-state index contributed by atoms with van der Waals surface area (Å²) < 4.78 is 0. The molecule has 3 heteroatoms. The molecule has 1 aromatic carbocycles. The smallest absolute Gasteiger partial charge is 0.205 e. The number of rotatable bonds is 6. The first-order chi connectivity index (χ1) is 8.65. The Hall–Kier alpha value is -2.42. The van der Waals surface area contributed by atoms with Crippen LogP contribution in [0.15, 0.2) is 66.9 Å². The van der Waals surface area contributed by atoms with E-state index in [2.05, 4.69) is 11.9 Å². The number of hydrogen-bond acceptors (Lipinski definition) is 3. The van der Waals surface area contributed by atoms with Gasteiger partial charge in [0.05, 0.1) is 0 Å². The number of allylic oxidation sites excluding steroid dienone is 4. The normalized spacial score (nSPS) is 11.3. The van der Waals surface area contributed by atoms with Crippen molar-refractivity contribution in [2.24, 2.45) is 0 Å². The molecule has 0 aliphatic rings. The van der Waals surface area contributed by atoms with E-state index in [0.29, 0.717) is 5.57 Å². The summed E-state index contributed by atoms with van der Waals surface area (Å²) in [6.45, 7) is 5.24. The number of carbonyl (C=O) groups is 1. The summed E-state index contributed by atoms with van der Waals surface area (Å²) in [5.41, 5.74) is 1.46. The summed E-state index contributed by atoms with van der Waals surface area (Å²) in [4.78, 5) is 11.6. The van der Waals surface area contributed by atoms with E-state index in [-0.39, 0.29) is 11.5 Å². The molecular weight excluding hydrogens is 224 g/mol. The molecule has 92 valence electrons. The third-order valence-electron chi connectivity index (χ3n) is 2.27. The molecule has 0 saturated heterocycles. The predicted molar refractivity (Wildman–Crippen MR) is 75.9 cm³/mol. The van der Waals surface area contributed by atoms with E-state index < -0.39 is 0 Å². The molecule has 0 spiro atoms. The number of anilines is 1. The lowest BCUT2D eigenvalue weighted by molar-refractivity contribution is -0.108. The Balaban J connectivity index is 2.58. The Labute approximate surface area is 107 Å². The Bertz CT molecular complexity index is 498. The molecule has 2 N–H and O–H groups in total. The van der Waals surface area contributed by atoms with Crippen molar-refractivity contribution in [1.82, 2.24) is 0 Å². The molecule has 0 saturated carbocycles. The van der Waals surface area contributed by atoms with Gasteiger partial charge in [0, 0.05) is 18.0 Å². The first-order valence-electron chi connectivity index (χ1n) is 5.56. The molecule has 1 rings (SSSR count). The highest BCUT2D eigenvalue weighted by molar-refractivity contribution is 6.48. The van der Waals surface area contributed by atoms with Crippen molar-refractivity contribution in [1.29, 1.82) is 5.41 Å². The zero-order valence-corrected chi connectivity index (χ0v) is 10.3. The number of nitrogens with one attached hydrogen (secondary N) is 2. The van der Waals surface area contributed by atoms with Gasteiger partial charge in [-0.15, -0.1) is 0 Å². The molecule has 0 atom stereocenters. The van der Waals surface area contributed by atoms with E-state index in [0.717, 1.165) is 5.69 Å². The maximum absolute atomic E-state index is 11.6. The van der Waals surface area contributed by atoms with Crippen LogP contribution >= 0.6 is 0 Å². The van der Waals surface area contributed by atoms with Crippen LogP contribution in [0.25, 0.3) is 0 Å². The van der Waals surface area contributed by atoms with E-state index in [4.69, 9.17) is 5.41 Å². The maximum Gasteiger partial charge on any atom is 0.205 e. The number of para-hydroxylation sites is 1. The van der Waals surface area contributed by atoms with E-state index in [1.165, 1.54) is 12.3 Å². The van der Waals surface area contributed by atoms with Crippen molar-refractivity contribution in [3.8, 4) is 0 Å². The molecule has 0 radical (unpaired) electrons. The lowest BCUT2D eigenvalue weighted by atomic mass is 10.1. The van der Waals surface area contributed by atoms with Crippen molar-refractivity contribution < 1.29 is 4.79 Å². The summed E-state index contributed by atoms with van der Waals surface area (Å²) in [6.07, 6.45) is 6.07. The van der Waals surface area contributed by atoms with Gasteiger partial charge in [0.15, 0.2) is 0 Å². The van der Waals surface area contributed by atoms with Crippen LogP contribution in [0.2, 0.25) is 0 Å². The van der Waals surface area contributed by atoms with E-state index in [9.17, 15) is 4.79 Å². The monoisotopic (exact) mass is 240 g/mol. The van der Waals surface area contributed by atoms with Gasteiger partial charge in [-0.3, -0.25) is 10.2 Å². The minimum absolute atomic E-state index is 0.0268. The number of carbonyl (C=O) groups excluding carboxylic acids is 1. The molecule has 1 aromatic rings. The van der Waals surface area contributed by atoms with Gasteiger partial charge in [-0.05, 0) is 24.6 Å². The first kappa shape index (κ1) is 13.6. The standard InChI is InChI=1S/C15H16N2O/c1-3-7-12(2)15(16)14(18)10-11-17-13-8-5-4-6-9-13/h3-11,16-17H,1H2,2H3/b11-10-,12-7+,16-15?. The van der Waals surface area contributed by atoms with Gasteiger partial charge in [-0.25, -0.2) is 0 Å². The van der Waals surface area contributed by atoms with Crippen LogP contribution in [0.1, 0.15) is 6.92 Å². The molecule has 0 aromatic heterocycles.